The largest absolute Gasteiger partial charge is 0.389 e. The zero-order valence-electron chi connectivity index (χ0n) is 11.4. The van der Waals surface area contributed by atoms with Crippen LogP contribution < -0.4 is 5.32 Å². The fraction of sp³-hybridized carbons (Fsp3) is 1.00. The average molecular weight is 257 g/mol. The van der Waals surface area contributed by atoms with Gasteiger partial charge in [-0.15, -0.1) is 0 Å². The van der Waals surface area contributed by atoms with Crippen molar-refractivity contribution in [1.82, 2.24) is 5.32 Å². The summed E-state index contributed by atoms with van der Waals surface area (Å²) in [6, 6.07) is 0.428. The van der Waals surface area contributed by atoms with Crippen LogP contribution in [0.4, 0.5) is 0 Å². The maximum atomic E-state index is 9.88. The molecule has 3 atom stereocenters. The van der Waals surface area contributed by atoms with Crippen LogP contribution in [0.1, 0.15) is 39.0 Å². The second-order valence-corrected chi connectivity index (χ2v) is 5.62. The van der Waals surface area contributed by atoms with Crippen molar-refractivity contribution in [2.45, 2.75) is 57.3 Å². The van der Waals surface area contributed by atoms with E-state index in [0.29, 0.717) is 31.2 Å². The molecule has 0 bridgehead atoms. The molecule has 1 aliphatic heterocycles. The Morgan fingerprint density at radius 2 is 2.11 bits per heavy atom. The molecule has 106 valence electrons. The Morgan fingerprint density at radius 1 is 1.33 bits per heavy atom. The Balaban J connectivity index is 1.59. The molecule has 1 saturated heterocycles. The molecule has 2 aliphatic rings. The van der Waals surface area contributed by atoms with Gasteiger partial charge in [-0.1, -0.05) is 26.2 Å². The maximum Gasteiger partial charge on any atom is 0.0897 e. The van der Waals surface area contributed by atoms with Gasteiger partial charge in [0.1, 0.15) is 0 Å². The Bertz CT molecular complexity index is 233. The van der Waals surface area contributed by atoms with E-state index < -0.39 is 6.10 Å². The van der Waals surface area contributed by atoms with Crippen LogP contribution in [0.25, 0.3) is 0 Å². The van der Waals surface area contributed by atoms with Crippen molar-refractivity contribution in [2.75, 3.05) is 26.4 Å². The van der Waals surface area contributed by atoms with Gasteiger partial charge in [-0.25, -0.2) is 0 Å². The first-order valence-electron chi connectivity index (χ1n) is 7.40. The molecule has 0 spiro atoms. The van der Waals surface area contributed by atoms with Gasteiger partial charge in [0.15, 0.2) is 0 Å². The van der Waals surface area contributed by atoms with Gasteiger partial charge in [0.25, 0.3) is 0 Å². The predicted octanol–water partition coefficient (Wildman–Crippen LogP) is 1.32. The van der Waals surface area contributed by atoms with E-state index in [4.69, 9.17) is 9.47 Å². The molecule has 2 fully saturated rings. The van der Waals surface area contributed by atoms with Gasteiger partial charge in [-0.2, -0.15) is 0 Å². The van der Waals surface area contributed by atoms with Crippen molar-refractivity contribution in [3.05, 3.63) is 0 Å². The van der Waals surface area contributed by atoms with Gasteiger partial charge >= 0.3 is 0 Å². The highest BCUT2D eigenvalue weighted by molar-refractivity contribution is 4.77. The molecule has 1 saturated carbocycles. The normalized spacial score (nSPS) is 31.0. The quantitative estimate of drug-likeness (QED) is 0.722. The summed E-state index contributed by atoms with van der Waals surface area (Å²) in [5.74, 6) is 0.693. The molecule has 18 heavy (non-hydrogen) atoms. The van der Waals surface area contributed by atoms with Crippen LogP contribution in [0, 0.1) is 5.92 Å². The van der Waals surface area contributed by atoms with E-state index in [1.807, 2.05) is 0 Å². The third-order valence-electron chi connectivity index (χ3n) is 4.15. The standard InChI is InChI=1S/C14H27NO3/c1-2-11-5-3-4-6-14(11)18-10-13(16)7-15-12-8-17-9-12/h11-16H,2-10H2,1H3. The number of hydrogen-bond acceptors (Lipinski definition) is 4. The first-order chi connectivity index (χ1) is 8.79. The van der Waals surface area contributed by atoms with Crippen molar-refractivity contribution in [2.24, 2.45) is 5.92 Å². The van der Waals surface area contributed by atoms with Crippen molar-refractivity contribution in [3.63, 3.8) is 0 Å². The van der Waals surface area contributed by atoms with E-state index in [2.05, 4.69) is 12.2 Å². The molecule has 0 aromatic carbocycles. The van der Waals surface area contributed by atoms with Gasteiger partial charge in [0.05, 0.1) is 38.1 Å². The average Bonchev–Trinajstić information content (AvgIpc) is 2.35. The Kier molecular flexibility index (Phi) is 5.89. The highest BCUT2D eigenvalue weighted by Crippen LogP contribution is 2.29. The van der Waals surface area contributed by atoms with E-state index in [1.54, 1.807) is 0 Å². The fourth-order valence-electron chi connectivity index (χ4n) is 2.81. The lowest BCUT2D eigenvalue weighted by atomic mass is 9.85. The molecule has 2 rings (SSSR count). The highest BCUT2D eigenvalue weighted by atomic mass is 16.5. The van der Waals surface area contributed by atoms with Gasteiger partial charge in [0.2, 0.25) is 0 Å². The predicted molar refractivity (Wildman–Crippen MR) is 70.6 cm³/mol. The zero-order chi connectivity index (χ0) is 12.8. The number of rotatable bonds is 7. The minimum atomic E-state index is -0.398. The molecule has 3 unspecified atom stereocenters. The number of aliphatic hydroxyl groups is 1. The molecule has 2 N–H and O–H groups in total. The van der Waals surface area contributed by atoms with E-state index >= 15 is 0 Å². The van der Waals surface area contributed by atoms with E-state index in [1.165, 1.54) is 25.7 Å². The summed E-state index contributed by atoms with van der Waals surface area (Å²) in [6.07, 6.45) is 6.22. The topological polar surface area (TPSA) is 50.7 Å². The number of nitrogens with one attached hydrogen (secondary N) is 1. The van der Waals surface area contributed by atoms with Crippen LogP contribution in [-0.4, -0.2) is 49.7 Å². The summed E-state index contributed by atoms with van der Waals surface area (Å²) in [6.45, 7) is 4.85. The Labute approximate surface area is 110 Å². The lowest BCUT2D eigenvalue weighted by Crippen LogP contribution is -2.49. The molecule has 1 aliphatic carbocycles. The van der Waals surface area contributed by atoms with Gasteiger partial charge in [-0.05, 0) is 18.8 Å². The second kappa shape index (κ2) is 7.43. The lowest BCUT2D eigenvalue weighted by Gasteiger charge is -2.32. The van der Waals surface area contributed by atoms with Gasteiger partial charge < -0.3 is 19.9 Å². The van der Waals surface area contributed by atoms with Crippen LogP contribution in [-0.2, 0) is 9.47 Å². The van der Waals surface area contributed by atoms with Gasteiger partial charge in [0, 0.05) is 6.54 Å². The molecule has 0 aromatic rings. The summed E-state index contributed by atoms with van der Waals surface area (Å²) in [5.41, 5.74) is 0. The third kappa shape index (κ3) is 4.19. The smallest absolute Gasteiger partial charge is 0.0897 e. The first kappa shape index (κ1) is 14.3. The molecule has 4 nitrogen and oxygen atoms in total. The van der Waals surface area contributed by atoms with Crippen LogP contribution in [0.3, 0.4) is 0 Å². The summed E-state index contributed by atoms with van der Waals surface area (Å²) in [4.78, 5) is 0. The molecule has 0 aromatic heterocycles. The minimum Gasteiger partial charge on any atom is -0.389 e. The SMILES string of the molecule is CCC1CCCCC1OCC(O)CNC1COC1. The van der Waals surface area contributed by atoms with E-state index in [0.717, 1.165) is 19.6 Å². The Morgan fingerprint density at radius 3 is 2.78 bits per heavy atom. The first-order valence-corrected chi connectivity index (χ1v) is 7.40. The van der Waals surface area contributed by atoms with Crippen molar-refractivity contribution >= 4 is 0 Å². The Hall–Kier alpha value is -0.160. The fourth-order valence-corrected chi connectivity index (χ4v) is 2.81. The lowest BCUT2D eigenvalue weighted by molar-refractivity contribution is -0.0558. The molecule has 1 heterocycles. The monoisotopic (exact) mass is 257 g/mol. The molecule has 4 heteroatoms. The number of hydrogen-bond donors (Lipinski definition) is 2. The second-order valence-electron chi connectivity index (χ2n) is 5.62. The van der Waals surface area contributed by atoms with Crippen LogP contribution in [0.2, 0.25) is 0 Å². The summed E-state index contributed by atoms with van der Waals surface area (Å²) < 4.78 is 11.0. The van der Waals surface area contributed by atoms with Crippen molar-refractivity contribution in [3.8, 4) is 0 Å². The van der Waals surface area contributed by atoms with Crippen LogP contribution in [0.5, 0.6) is 0 Å². The van der Waals surface area contributed by atoms with Crippen LogP contribution >= 0.6 is 0 Å². The summed E-state index contributed by atoms with van der Waals surface area (Å²) in [5, 5.41) is 13.2. The van der Waals surface area contributed by atoms with Crippen molar-refractivity contribution in [1.29, 1.82) is 0 Å². The molecule has 0 amide bonds. The summed E-state index contributed by atoms with van der Waals surface area (Å²) >= 11 is 0. The maximum absolute atomic E-state index is 9.88. The molecule has 0 radical (unpaired) electrons. The molecular formula is C14H27NO3. The van der Waals surface area contributed by atoms with Crippen LogP contribution in [0.15, 0.2) is 0 Å². The zero-order valence-corrected chi connectivity index (χ0v) is 11.4. The summed E-state index contributed by atoms with van der Waals surface area (Å²) in [7, 11) is 0. The highest BCUT2D eigenvalue weighted by Gasteiger charge is 2.25. The van der Waals surface area contributed by atoms with E-state index in [9.17, 15) is 5.11 Å². The third-order valence-corrected chi connectivity index (χ3v) is 4.15. The van der Waals surface area contributed by atoms with Crippen molar-refractivity contribution < 1.29 is 14.6 Å². The number of ether oxygens (including phenoxy) is 2. The van der Waals surface area contributed by atoms with E-state index in [-0.39, 0.29) is 0 Å². The molecular weight excluding hydrogens is 230 g/mol. The number of aliphatic hydroxyl groups excluding tert-OH is 1. The van der Waals surface area contributed by atoms with Gasteiger partial charge in [-0.3, -0.25) is 0 Å². The minimum absolute atomic E-state index is 0.366.